The van der Waals surface area contributed by atoms with Crippen molar-refractivity contribution in [1.82, 2.24) is 19.9 Å². The first-order valence-electron chi connectivity index (χ1n) is 11.0. The Bertz CT molecular complexity index is 1080. The lowest BCUT2D eigenvalue weighted by Gasteiger charge is -2.31. The number of carbonyl (C=O) groups is 1. The van der Waals surface area contributed by atoms with Crippen LogP contribution in [0.1, 0.15) is 32.7 Å². The molecule has 0 radical (unpaired) electrons. The molecule has 1 aromatic heterocycles. The minimum absolute atomic E-state index is 0.0975. The maximum absolute atomic E-state index is 13.4. The van der Waals surface area contributed by atoms with E-state index in [1.165, 1.54) is 12.1 Å². The molecule has 0 saturated carbocycles. The van der Waals surface area contributed by atoms with Crippen molar-refractivity contribution in [3.05, 3.63) is 42.2 Å². The van der Waals surface area contributed by atoms with Gasteiger partial charge in [0, 0.05) is 25.2 Å². The van der Waals surface area contributed by atoms with Crippen LogP contribution in [0.5, 0.6) is 11.5 Å². The maximum atomic E-state index is 13.4. The first kappa shape index (κ1) is 22.0. The number of piperidine rings is 1. The second-order valence-electron chi connectivity index (χ2n) is 7.75. The Balaban J connectivity index is 1.35. The molecule has 2 heterocycles. The van der Waals surface area contributed by atoms with Gasteiger partial charge in [0.05, 0.1) is 37.0 Å². The van der Waals surface area contributed by atoms with E-state index < -0.39 is 0 Å². The number of benzene rings is 2. The highest BCUT2D eigenvalue weighted by Crippen LogP contribution is 2.30. The summed E-state index contributed by atoms with van der Waals surface area (Å²) in [5.74, 6) is 0.897. The monoisotopic (exact) mass is 441 g/mol. The van der Waals surface area contributed by atoms with Gasteiger partial charge < -0.3 is 14.8 Å². The predicted octanol–water partition coefficient (Wildman–Crippen LogP) is 3.64. The highest BCUT2D eigenvalue weighted by molar-refractivity contribution is 5.94. The van der Waals surface area contributed by atoms with E-state index >= 15 is 0 Å². The summed E-state index contributed by atoms with van der Waals surface area (Å²) in [6.45, 7) is 6.69. The minimum atomic E-state index is -0.315. The molecule has 0 atom stereocenters. The predicted molar refractivity (Wildman–Crippen MR) is 120 cm³/mol. The van der Waals surface area contributed by atoms with Crippen LogP contribution in [0.3, 0.4) is 0 Å². The number of likely N-dealkylation sites (tertiary alicyclic amines) is 1. The number of carbonyl (C=O) groups excluding carboxylic acids is 1. The molecule has 0 aliphatic carbocycles. The van der Waals surface area contributed by atoms with Crippen molar-refractivity contribution >= 4 is 22.6 Å². The van der Waals surface area contributed by atoms with Gasteiger partial charge in [-0.2, -0.15) is 0 Å². The zero-order valence-corrected chi connectivity index (χ0v) is 18.4. The molecule has 2 aromatic carbocycles. The Morgan fingerprint density at radius 3 is 2.66 bits per heavy atom. The van der Waals surface area contributed by atoms with Crippen LogP contribution in [0.25, 0.3) is 11.0 Å². The topological polar surface area (TPSA) is 81.5 Å². The average molecular weight is 442 g/mol. The van der Waals surface area contributed by atoms with E-state index in [0.717, 1.165) is 31.4 Å². The molecule has 8 nitrogen and oxygen atoms in total. The van der Waals surface area contributed by atoms with Crippen LogP contribution < -0.4 is 14.8 Å². The second-order valence-corrected chi connectivity index (χ2v) is 7.75. The highest BCUT2D eigenvalue weighted by Gasteiger charge is 2.24. The van der Waals surface area contributed by atoms with Gasteiger partial charge in [-0.3, -0.25) is 9.69 Å². The van der Waals surface area contributed by atoms with Crippen molar-refractivity contribution in [1.29, 1.82) is 0 Å². The summed E-state index contributed by atoms with van der Waals surface area (Å²) in [6, 6.07) is 10.2. The number of aromatic nitrogens is 3. The summed E-state index contributed by atoms with van der Waals surface area (Å²) in [6.07, 6.45) is 1.68. The van der Waals surface area contributed by atoms with Gasteiger partial charge in [0.15, 0.2) is 0 Å². The van der Waals surface area contributed by atoms with Crippen LogP contribution in [-0.2, 0) is 4.79 Å². The van der Waals surface area contributed by atoms with E-state index in [1.807, 2.05) is 30.7 Å². The van der Waals surface area contributed by atoms with Gasteiger partial charge in [-0.25, -0.2) is 9.07 Å². The number of rotatable bonds is 8. The quantitative estimate of drug-likeness (QED) is 0.575. The Hall–Kier alpha value is -3.20. The van der Waals surface area contributed by atoms with E-state index in [0.29, 0.717) is 42.5 Å². The van der Waals surface area contributed by atoms with Crippen LogP contribution in [-0.4, -0.2) is 58.6 Å². The van der Waals surface area contributed by atoms with Crippen molar-refractivity contribution in [2.24, 2.45) is 0 Å². The van der Waals surface area contributed by atoms with Crippen molar-refractivity contribution in [3.63, 3.8) is 0 Å². The molecule has 1 saturated heterocycles. The fourth-order valence-electron chi connectivity index (χ4n) is 4.04. The zero-order chi connectivity index (χ0) is 22.5. The van der Waals surface area contributed by atoms with Gasteiger partial charge in [0.25, 0.3) is 0 Å². The summed E-state index contributed by atoms with van der Waals surface area (Å²) in [7, 11) is 0. The molecule has 4 rings (SSSR count). The smallest absolute Gasteiger partial charge is 0.238 e. The molecule has 170 valence electrons. The number of hydrogen-bond acceptors (Lipinski definition) is 6. The number of amides is 1. The Labute approximate surface area is 186 Å². The number of nitrogens with zero attached hydrogens (tertiary/aromatic N) is 4. The number of fused-ring (bicyclic) bond motifs is 1. The van der Waals surface area contributed by atoms with E-state index in [-0.39, 0.29) is 17.8 Å². The first-order valence-corrected chi connectivity index (χ1v) is 11.0. The van der Waals surface area contributed by atoms with E-state index in [9.17, 15) is 9.18 Å². The fourth-order valence-corrected chi connectivity index (χ4v) is 4.04. The van der Waals surface area contributed by atoms with Gasteiger partial charge in [0.2, 0.25) is 5.91 Å². The standard InChI is InChI=1S/C23H28FN5O3/c1-3-31-18-6-8-22(32-4-2)20(14-18)25-23(30)15-28-11-9-17(10-12-28)29-21-7-5-16(24)13-19(21)26-27-29/h5-8,13-14,17H,3-4,9-12,15H2,1-2H3,(H,25,30). The normalized spacial score (nSPS) is 15.1. The number of halogens is 1. The minimum Gasteiger partial charge on any atom is -0.494 e. The Morgan fingerprint density at radius 2 is 1.91 bits per heavy atom. The maximum Gasteiger partial charge on any atom is 0.238 e. The van der Waals surface area contributed by atoms with Crippen LogP contribution in [0.15, 0.2) is 36.4 Å². The average Bonchev–Trinajstić information content (AvgIpc) is 3.19. The van der Waals surface area contributed by atoms with Crippen LogP contribution in [0.2, 0.25) is 0 Å². The van der Waals surface area contributed by atoms with Gasteiger partial charge in [-0.1, -0.05) is 5.21 Å². The third-order valence-electron chi connectivity index (χ3n) is 5.54. The Morgan fingerprint density at radius 1 is 1.12 bits per heavy atom. The summed E-state index contributed by atoms with van der Waals surface area (Å²) < 4.78 is 26.5. The van der Waals surface area contributed by atoms with Crippen LogP contribution in [0, 0.1) is 5.82 Å². The van der Waals surface area contributed by atoms with E-state index in [1.54, 1.807) is 12.1 Å². The molecule has 1 fully saturated rings. The molecule has 0 bridgehead atoms. The number of ether oxygens (including phenoxy) is 2. The summed E-state index contributed by atoms with van der Waals surface area (Å²) in [4.78, 5) is 14.8. The molecule has 0 unspecified atom stereocenters. The molecule has 1 N–H and O–H groups in total. The first-order chi connectivity index (χ1) is 15.6. The second kappa shape index (κ2) is 9.95. The van der Waals surface area contributed by atoms with Crippen LogP contribution in [0.4, 0.5) is 10.1 Å². The molecule has 1 aliphatic heterocycles. The van der Waals surface area contributed by atoms with Crippen LogP contribution >= 0.6 is 0 Å². The largest absolute Gasteiger partial charge is 0.494 e. The van der Waals surface area contributed by atoms with Crippen molar-refractivity contribution in [2.45, 2.75) is 32.7 Å². The van der Waals surface area contributed by atoms with Gasteiger partial charge >= 0.3 is 0 Å². The Kier molecular flexibility index (Phi) is 6.84. The SMILES string of the molecule is CCOc1ccc(OCC)c(NC(=O)CN2CCC(n3nnc4cc(F)ccc43)CC2)c1. The lowest BCUT2D eigenvalue weighted by Crippen LogP contribution is -2.39. The molecule has 1 amide bonds. The van der Waals surface area contributed by atoms with Crippen molar-refractivity contribution in [2.75, 3.05) is 38.2 Å². The van der Waals surface area contributed by atoms with Gasteiger partial charge in [-0.05, 0) is 51.0 Å². The lowest BCUT2D eigenvalue weighted by atomic mass is 10.0. The highest BCUT2D eigenvalue weighted by atomic mass is 19.1. The molecule has 1 aliphatic rings. The van der Waals surface area contributed by atoms with E-state index in [2.05, 4.69) is 20.5 Å². The number of anilines is 1. The summed E-state index contributed by atoms with van der Waals surface area (Å²) in [5.41, 5.74) is 2.01. The van der Waals surface area contributed by atoms with Gasteiger partial charge in [0.1, 0.15) is 22.8 Å². The van der Waals surface area contributed by atoms with Crippen molar-refractivity contribution in [3.8, 4) is 11.5 Å². The molecular weight excluding hydrogens is 413 g/mol. The molecule has 32 heavy (non-hydrogen) atoms. The third-order valence-corrected chi connectivity index (χ3v) is 5.54. The molecule has 9 heteroatoms. The number of hydrogen-bond donors (Lipinski definition) is 1. The molecule has 0 spiro atoms. The summed E-state index contributed by atoms with van der Waals surface area (Å²) >= 11 is 0. The third kappa shape index (κ3) is 4.99. The number of nitrogens with one attached hydrogen (secondary N) is 1. The molecular formula is C23H28FN5O3. The lowest BCUT2D eigenvalue weighted by molar-refractivity contribution is -0.117. The molecule has 3 aromatic rings. The van der Waals surface area contributed by atoms with E-state index in [4.69, 9.17) is 9.47 Å². The van der Waals surface area contributed by atoms with Crippen molar-refractivity contribution < 1.29 is 18.7 Å². The fraction of sp³-hybridized carbons (Fsp3) is 0.435. The van der Waals surface area contributed by atoms with Gasteiger partial charge in [-0.15, -0.1) is 5.10 Å². The zero-order valence-electron chi connectivity index (χ0n) is 18.4. The summed E-state index contributed by atoms with van der Waals surface area (Å²) in [5, 5.41) is 11.3.